The van der Waals surface area contributed by atoms with Gasteiger partial charge in [0.15, 0.2) is 0 Å². The number of nitrogens with zero attached hydrogens (tertiary/aromatic N) is 3. The van der Waals surface area contributed by atoms with E-state index in [1.165, 1.54) is 0 Å². The highest BCUT2D eigenvalue weighted by molar-refractivity contribution is 5.83. The summed E-state index contributed by atoms with van der Waals surface area (Å²) in [6.45, 7) is 10.1. The number of rotatable bonds is 7. The van der Waals surface area contributed by atoms with Crippen LogP contribution in [0.25, 0.3) is 11.0 Å². The van der Waals surface area contributed by atoms with E-state index >= 15 is 0 Å². The smallest absolute Gasteiger partial charge is 0.234 e. The van der Waals surface area contributed by atoms with Gasteiger partial charge >= 0.3 is 0 Å². The molecule has 2 saturated heterocycles. The Bertz CT molecular complexity index is 929. The van der Waals surface area contributed by atoms with E-state index in [1.807, 2.05) is 24.3 Å². The van der Waals surface area contributed by atoms with Gasteiger partial charge in [0.1, 0.15) is 5.82 Å². The number of amides is 2. The van der Waals surface area contributed by atoms with E-state index in [2.05, 4.69) is 45.9 Å². The van der Waals surface area contributed by atoms with E-state index in [0.29, 0.717) is 31.3 Å². The summed E-state index contributed by atoms with van der Waals surface area (Å²) in [7, 11) is 0. The highest BCUT2D eigenvalue weighted by Crippen LogP contribution is 2.43. The number of carbonyl (C=O) groups is 2. The molecule has 0 unspecified atom stereocenters. The van der Waals surface area contributed by atoms with Gasteiger partial charge in [0.25, 0.3) is 0 Å². The Morgan fingerprint density at radius 2 is 1.97 bits per heavy atom. The molecule has 2 N–H and O–H groups in total. The van der Waals surface area contributed by atoms with Crippen molar-refractivity contribution in [3.8, 4) is 0 Å². The Morgan fingerprint density at radius 3 is 2.70 bits per heavy atom. The summed E-state index contributed by atoms with van der Waals surface area (Å²) in [6.07, 6.45) is 5.88. The van der Waals surface area contributed by atoms with E-state index in [1.54, 1.807) is 0 Å². The van der Waals surface area contributed by atoms with Crippen LogP contribution in [0.1, 0.15) is 58.7 Å². The number of carbonyl (C=O) groups excluding carboxylic acids is 2. The monoisotopic (exact) mass is 453 g/mol. The fraction of sp³-hybridized carbons (Fsp3) is 0.654. The molecule has 1 aromatic carbocycles. The number of imidazole rings is 1. The van der Waals surface area contributed by atoms with Crippen molar-refractivity contribution in [1.29, 1.82) is 0 Å². The lowest BCUT2D eigenvalue weighted by Crippen LogP contribution is -2.51. The zero-order valence-electron chi connectivity index (χ0n) is 20.4. The van der Waals surface area contributed by atoms with Crippen LogP contribution in [0.3, 0.4) is 0 Å². The van der Waals surface area contributed by atoms with Crippen LogP contribution < -0.4 is 5.32 Å². The largest absolute Gasteiger partial charge is 0.355 e. The molecule has 2 amide bonds. The molecule has 0 radical (unpaired) electrons. The van der Waals surface area contributed by atoms with E-state index < -0.39 is 0 Å². The number of para-hydroxylation sites is 2. The molecular formula is C26H39N5O2. The van der Waals surface area contributed by atoms with Gasteiger partial charge in [-0.05, 0) is 70.7 Å². The molecule has 33 heavy (non-hydrogen) atoms. The van der Waals surface area contributed by atoms with Crippen molar-refractivity contribution in [3.63, 3.8) is 0 Å². The number of hydrogen-bond donors (Lipinski definition) is 2. The molecule has 2 aliphatic heterocycles. The van der Waals surface area contributed by atoms with Gasteiger partial charge in [-0.25, -0.2) is 4.98 Å². The molecule has 2 aromatic rings. The van der Waals surface area contributed by atoms with Gasteiger partial charge in [-0.1, -0.05) is 25.5 Å². The van der Waals surface area contributed by atoms with E-state index in [9.17, 15) is 9.59 Å². The average molecular weight is 454 g/mol. The maximum Gasteiger partial charge on any atom is 0.234 e. The van der Waals surface area contributed by atoms with E-state index in [0.717, 1.165) is 68.6 Å². The summed E-state index contributed by atoms with van der Waals surface area (Å²) in [5.41, 5.74) is 1.72. The van der Waals surface area contributed by atoms with Crippen LogP contribution in [0.5, 0.6) is 0 Å². The van der Waals surface area contributed by atoms with Crippen molar-refractivity contribution >= 4 is 22.8 Å². The molecule has 2 fully saturated rings. The third-order valence-corrected chi connectivity index (χ3v) is 7.70. The summed E-state index contributed by atoms with van der Waals surface area (Å²) in [5, 5.41) is 3.04. The third-order valence-electron chi connectivity index (χ3n) is 7.70. The Hall–Kier alpha value is -2.41. The maximum absolute atomic E-state index is 13.4. The predicted molar refractivity (Wildman–Crippen MR) is 131 cm³/mol. The molecular weight excluding hydrogens is 414 g/mol. The van der Waals surface area contributed by atoms with Gasteiger partial charge in [0, 0.05) is 31.0 Å². The molecule has 7 heteroatoms. The highest BCUT2D eigenvalue weighted by atomic mass is 16.2. The first kappa shape index (κ1) is 23.7. The zero-order valence-corrected chi connectivity index (χ0v) is 20.4. The summed E-state index contributed by atoms with van der Waals surface area (Å²) in [4.78, 5) is 38.1. The van der Waals surface area contributed by atoms with E-state index in [4.69, 9.17) is 0 Å². The maximum atomic E-state index is 13.4. The molecule has 4 rings (SSSR count). The molecule has 0 spiro atoms. The average Bonchev–Trinajstić information content (AvgIpc) is 3.14. The number of likely N-dealkylation sites (tertiary alicyclic amines) is 2. The van der Waals surface area contributed by atoms with Crippen molar-refractivity contribution in [2.75, 3.05) is 32.7 Å². The summed E-state index contributed by atoms with van der Waals surface area (Å²) in [5.74, 6) is 1.70. The van der Waals surface area contributed by atoms with Crippen LogP contribution in [-0.2, 0) is 16.0 Å². The van der Waals surface area contributed by atoms with Crippen molar-refractivity contribution in [3.05, 3.63) is 30.1 Å². The molecule has 2 aliphatic rings. The van der Waals surface area contributed by atoms with Gasteiger partial charge in [0.2, 0.25) is 11.8 Å². The van der Waals surface area contributed by atoms with Crippen molar-refractivity contribution < 1.29 is 9.59 Å². The zero-order chi connectivity index (χ0) is 23.4. The third kappa shape index (κ3) is 5.40. The van der Waals surface area contributed by atoms with Crippen LogP contribution in [0.15, 0.2) is 24.3 Å². The topological polar surface area (TPSA) is 81.3 Å². The van der Waals surface area contributed by atoms with Crippen molar-refractivity contribution in [2.45, 2.75) is 65.3 Å². The minimum atomic E-state index is -0.262. The minimum absolute atomic E-state index is 0.0623. The highest BCUT2D eigenvalue weighted by Gasteiger charge is 2.45. The van der Waals surface area contributed by atoms with Gasteiger partial charge in [-0.3, -0.25) is 14.5 Å². The summed E-state index contributed by atoms with van der Waals surface area (Å²) >= 11 is 0. The van der Waals surface area contributed by atoms with Gasteiger partial charge in [0.05, 0.1) is 17.6 Å². The second kappa shape index (κ2) is 10.2. The van der Waals surface area contributed by atoms with Gasteiger partial charge in [-0.15, -0.1) is 0 Å². The SMILES string of the molecule is CC(C)N1CCCC[C@@](C)(C2CCN(CC(=O)NCCc3nc4ccccc4[nH]3)CC2)C1=O. The molecule has 7 nitrogen and oxygen atoms in total. The number of benzene rings is 1. The number of H-pyrrole nitrogens is 1. The Morgan fingerprint density at radius 1 is 1.21 bits per heavy atom. The fourth-order valence-corrected chi connectivity index (χ4v) is 5.61. The van der Waals surface area contributed by atoms with Crippen LogP contribution in [-0.4, -0.2) is 70.3 Å². The summed E-state index contributed by atoms with van der Waals surface area (Å²) < 4.78 is 0. The number of aromatic amines is 1. The molecule has 0 saturated carbocycles. The molecule has 3 heterocycles. The van der Waals surface area contributed by atoms with Crippen molar-refractivity contribution in [2.24, 2.45) is 11.3 Å². The fourth-order valence-electron chi connectivity index (χ4n) is 5.61. The lowest BCUT2D eigenvalue weighted by Gasteiger charge is -2.43. The molecule has 0 aliphatic carbocycles. The van der Waals surface area contributed by atoms with Crippen LogP contribution in [0, 0.1) is 11.3 Å². The molecule has 180 valence electrons. The standard InChI is InChI=1S/C26H39N5O2/c1-19(2)31-15-7-6-13-26(3,25(31)33)20-11-16-30(17-12-20)18-24(32)27-14-10-23-28-21-8-4-5-9-22(21)29-23/h4-5,8-9,19-20H,6-7,10-18H2,1-3H3,(H,27,32)(H,28,29)/t26-/m0/s1. The molecule has 1 aromatic heterocycles. The minimum Gasteiger partial charge on any atom is -0.355 e. The first-order chi connectivity index (χ1) is 15.9. The van der Waals surface area contributed by atoms with Gasteiger partial charge in [-0.2, -0.15) is 0 Å². The lowest BCUT2D eigenvalue weighted by molar-refractivity contribution is -0.147. The first-order valence-electron chi connectivity index (χ1n) is 12.6. The van der Waals surface area contributed by atoms with Crippen LogP contribution in [0.4, 0.5) is 0 Å². The summed E-state index contributed by atoms with van der Waals surface area (Å²) in [6, 6.07) is 8.22. The first-order valence-corrected chi connectivity index (χ1v) is 12.6. The van der Waals surface area contributed by atoms with Gasteiger partial charge < -0.3 is 15.2 Å². The van der Waals surface area contributed by atoms with E-state index in [-0.39, 0.29) is 17.4 Å². The molecule has 1 atom stereocenters. The quantitative estimate of drug-likeness (QED) is 0.674. The predicted octanol–water partition coefficient (Wildman–Crippen LogP) is 3.36. The Kier molecular flexibility index (Phi) is 7.37. The second-order valence-electron chi connectivity index (χ2n) is 10.3. The van der Waals surface area contributed by atoms with Crippen LogP contribution >= 0.6 is 0 Å². The number of piperidine rings is 1. The Balaban J connectivity index is 1.23. The number of aromatic nitrogens is 2. The molecule has 0 bridgehead atoms. The number of fused-ring (bicyclic) bond motifs is 1. The number of hydrogen-bond acceptors (Lipinski definition) is 4. The van der Waals surface area contributed by atoms with Crippen molar-refractivity contribution in [1.82, 2.24) is 25.1 Å². The second-order valence-corrected chi connectivity index (χ2v) is 10.3. The normalized spacial score (nSPS) is 23.3. The number of nitrogens with one attached hydrogen (secondary N) is 2. The Labute approximate surface area is 197 Å². The lowest BCUT2D eigenvalue weighted by atomic mass is 9.69. The van der Waals surface area contributed by atoms with Crippen LogP contribution in [0.2, 0.25) is 0 Å².